The molecule has 4 fully saturated rings. The number of halogens is 1. The van der Waals surface area contributed by atoms with Gasteiger partial charge in [0.15, 0.2) is 0 Å². The van der Waals surface area contributed by atoms with E-state index in [4.69, 9.17) is 16.3 Å². The second kappa shape index (κ2) is 8.36. The van der Waals surface area contributed by atoms with Crippen molar-refractivity contribution in [2.75, 3.05) is 19.0 Å². The highest BCUT2D eigenvalue weighted by Crippen LogP contribution is 2.63. The summed E-state index contributed by atoms with van der Waals surface area (Å²) in [6.45, 7) is 9.54. The van der Waals surface area contributed by atoms with Crippen LogP contribution in [0.3, 0.4) is 0 Å². The quantitative estimate of drug-likeness (QED) is 0.388. The Morgan fingerprint density at radius 1 is 1.24 bits per heavy atom. The number of nitrogens with zero attached hydrogens (tertiary/aromatic N) is 1. The first-order valence-electron chi connectivity index (χ1n) is 13.9. The van der Waals surface area contributed by atoms with E-state index < -0.39 is 0 Å². The Morgan fingerprint density at radius 3 is 2.91 bits per heavy atom. The fraction of sp³-hybridized carbons (Fsp3) is 0.862. The third kappa shape index (κ3) is 3.71. The molecule has 1 spiro atoms. The van der Waals surface area contributed by atoms with Gasteiger partial charge in [-0.1, -0.05) is 36.6 Å². The molecule has 8 unspecified atom stereocenters. The molecule has 6 aliphatic rings. The molecule has 0 bridgehead atoms. The van der Waals surface area contributed by atoms with Crippen LogP contribution in [0.15, 0.2) is 22.8 Å². The second-order valence-corrected chi connectivity index (χ2v) is 13.4. The van der Waals surface area contributed by atoms with E-state index in [2.05, 4.69) is 31.7 Å². The number of rotatable bonds is 2. The molecule has 9 atom stereocenters. The van der Waals surface area contributed by atoms with Crippen LogP contribution in [-0.2, 0) is 4.74 Å². The van der Waals surface area contributed by atoms with Gasteiger partial charge in [0.05, 0.1) is 17.8 Å². The van der Waals surface area contributed by atoms with Crippen LogP contribution in [0.2, 0.25) is 0 Å². The number of fused-ring (bicyclic) bond motifs is 6. The van der Waals surface area contributed by atoms with Crippen molar-refractivity contribution in [1.29, 1.82) is 0 Å². The number of piperidine rings is 1. The minimum absolute atomic E-state index is 0.0510. The van der Waals surface area contributed by atoms with Crippen LogP contribution in [0.25, 0.3) is 0 Å². The van der Waals surface area contributed by atoms with Crippen molar-refractivity contribution >= 4 is 11.6 Å². The molecule has 4 aliphatic carbocycles. The molecule has 2 saturated heterocycles. The SMILES string of the molecule is CC1=C2CC3C(CC=C4CC(O)CCC43C)C2CCC2(C1)C[C@H]1C(CC(C)CN1CCCl)O2. The maximum Gasteiger partial charge on any atom is 0.0742 e. The largest absolute Gasteiger partial charge is 0.393 e. The summed E-state index contributed by atoms with van der Waals surface area (Å²) in [6, 6.07) is 0.566. The Hall–Kier alpha value is -0.350. The van der Waals surface area contributed by atoms with Gasteiger partial charge in [-0.15, -0.1) is 11.6 Å². The lowest BCUT2D eigenvalue weighted by molar-refractivity contribution is -0.0730. The van der Waals surface area contributed by atoms with E-state index in [0.717, 1.165) is 49.4 Å². The Bertz CT molecular complexity index is 853. The van der Waals surface area contributed by atoms with E-state index >= 15 is 0 Å². The van der Waals surface area contributed by atoms with Gasteiger partial charge in [-0.05, 0) is 100 Å². The molecule has 2 aliphatic heterocycles. The number of aliphatic hydroxyl groups excluding tert-OH is 1. The van der Waals surface area contributed by atoms with Crippen LogP contribution in [0.4, 0.5) is 0 Å². The zero-order valence-electron chi connectivity index (χ0n) is 21.0. The predicted octanol–water partition coefficient (Wildman–Crippen LogP) is 6.10. The molecule has 33 heavy (non-hydrogen) atoms. The van der Waals surface area contributed by atoms with E-state index in [0.29, 0.717) is 23.5 Å². The number of likely N-dealkylation sites (tertiary alicyclic amines) is 1. The molecule has 2 heterocycles. The average Bonchev–Trinajstić information content (AvgIpc) is 3.28. The summed E-state index contributed by atoms with van der Waals surface area (Å²) >= 11 is 6.19. The van der Waals surface area contributed by atoms with E-state index in [9.17, 15) is 5.11 Å². The van der Waals surface area contributed by atoms with Gasteiger partial charge in [0.25, 0.3) is 0 Å². The molecule has 6 rings (SSSR count). The van der Waals surface area contributed by atoms with Crippen LogP contribution in [0.5, 0.6) is 0 Å². The molecule has 0 aromatic heterocycles. The lowest BCUT2D eigenvalue weighted by Gasteiger charge is -2.49. The van der Waals surface area contributed by atoms with Crippen LogP contribution in [-0.4, -0.2) is 52.8 Å². The van der Waals surface area contributed by atoms with Crippen molar-refractivity contribution in [3.8, 4) is 0 Å². The molecule has 4 heteroatoms. The molecule has 0 aromatic rings. The molecular formula is C29H44ClNO2. The summed E-state index contributed by atoms with van der Waals surface area (Å²) in [5.74, 6) is 3.75. The lowest BCUT2D eigenvalue weighted by Crippen LogP contribution is -2.49. The maximum atomic E-state index is 10.3. The van der Waals surface area contributed by atoms with E-state index in [1.165, 1.54) is 51.5 Å². The minimum Gasteiger partial charge on any atom is -0.393 e. The van der Waals surface area contributed by atoms with E-state index in [1.807, 2.05) is 0 Å². The summed E-state index contributed by atoms with van der Waals surface area (Å²) < 4.78 is 7.05. The fourth-order valence-electron chi connectivity index (χ4n) is 9.50. The van der Waals surface area contributed by atoms with Crippen molar-refractivity contribution in [2.24, 2.45) is 29.1 Å². The smallest absolute Gasteiger partial charge is 0.0742 e. The Kier molecular flexibility index (Phi) is 5.84. The first-order chi connectivity index (χ1) is 15.8. The Balaban J connectivity index is 1.24. The topological polar surface area (TPSA) is 32.7 Å². The summed E-state index contributed by atoms with van der Waals surface area (Å²) in [7, 11) is 0. The summed E-state index contributed by atoms with van der Waals surface area (Å²) in [5, 5.41) is 10.3. The van der Waals surface area contributed by atoms with Gasteiger partial charge in [-0.25, -0.2) is 0 Å². The zero-order valence-corrected chi connectivity index (χ0v) is 21.7. The summed E-state index contributed by atoms with van der Waals surface area (Å²) in [4.78, 5) is 2.65. The predicted molar refractivity (Wildman–Crippen MR) is 134 cm³/mol. The third-order valence-electron chi connectivity index (χ3n) is 11.0. The normalized spacial score (nSPS) is 49.8. The second-order valence-electron chi connectivity index (χ2n) is 13.0. The minimum atomic E-state index is -0.113. The van der Waals surface area contributed by atoms with Crippen molar-refractivity contribution in [3.05, 3.63) is 22.8 Å². The molecule has 1 N–H and O–H groups in total. The van der Waals surface area contributed by atoms with Gasteiger partial charge in [0.1, 0.15) is 0 Å². The molecule has 184 valence electrons. The summed E-state index contributed by atoms with van der Waals surface area (Å²) in [6.07, 6.45) is 14.5. The maximum absolute atomic E-state index is 10.3. The number of alkyl halides is 1. The van der Waals surface area contributed by atoms with Crippen LogP contribution in [0.1, 0.15) is 85.0 Å². The van der Waals surface area contributed by atoms with Crippen LogP contribution >= 0.6 is 11.6 Å². The standard InChI is InChI=1S/C29H44ClNO2/c1-18-12-27-26(31(17-18)11-10-30)16-29(33-27)9-7-22-23-5-4-20-13-21(32)6-8-28(20,3)25(23)14-24(22)19(2)15-29/h4,18,21-23,25-27,32H,5-17H2,1-3H3/t18?,21?,22?,23?,25?,26-,27?,28?,29?/m0/s1. The molecule has 0 aromatic carbocycles. The van der Waals surface area contributed by atoms with Gasteiger partial charge < -0.3 is 9.84 Å². The number of hydrogen-bond donors (Lipinski definition) is 1. The van der Waals surface area contributed by atoms with Gasteiger partial charge >= 0.3 is 0 Å². The van der Waals surface area contributed by atoms with Crippen LogP contribution in [0, 0.1) is 29.1 Å². The molecule has 0 amide bonds. The Labute approximate surface area is 206 Å². The van der Waals surface area contributed by atoms with Crippen molar-refractivity contribution in [1.82, 2.24) is 4.90 Å². The number of hydrogen-bond acceptors (Lipinski definition) is 3. The van der Waals surface area contributed by atoms with Crippen molar-refractivity contribution < 1.29 is 9.84 Å². The Morgan fingerprint density at radius 2 is 2.09 bits per heavy atom. The first kappa shape index (κ1) is 23.1. The number of ether oxygens (including phenoxy) is 1. The van der Waals surface area contributed by atoms with E-state index in [1.54, 1.807) is 16.7 Å². The van der Waals surface area contributed by atoms with Gasteiger partial charge in [0.2, 0.25) is 0 Å². The van der Waals surface area contributed by atoms with Crippen LogP contribution < -0.4 is 0 Å². The zero-order chi connectivity index (χ0) is 23.0. The molecule has 0 radical (unpaired) electrons. The van der Waals surface area contributed by atoms with Crippen molar-refractivity contribution in [3.63, 3.8) is 0 Å². The molecule has 2 saturated carbocycles. The highest BCUT2D eigenvalue weighted by atomic mass is 35.5. The molecular weight excluding hydrogens is 430 g/mol. The van der Waals surface area contributed by atoms with Gasteiger partial charge in [-0.2, -0.15) is 0 Å². The lowest BCUT2D eigenvalue weighted by atomic mass is 9.56. The number of aliphatic hydroxyl groups is 1. The summed E-state index contributed by atoms with van der Waals surface area (Å²) in [5.41, 5.74) is 5.40. The first-order valence-corrected chi connectivity index (χ1v) is 14.4. The van der Waals surface area contributed by atoms with Crippen molar-refractivity contribution in [2.45, 2.75) is 109 Å². The fourth-order valence-corrected chi connectivity index (χ4v) is 9.72. The highest BCUT2D eigenvalue weighted by molar-refractivity contribution is 6.18. The average molecular weight is 474 g/mol. The van der Waals surface area contributed by atoms with E-state index in [-0.39, 0.29) is 11.7 Å². The molecule has 3 nitrogen and oxygen atoms in total. The monoisotopic (exact) mass is 473 g/mol. The third-order valence-corrected chi connectivity index (χ3v) is 11.2. The van der Waals surface area contributed by atoms with Gasteiger partial charge in [0, 0.05) is 25.0 Å². The highest BCUT2D eigenvalue weighted by Gasteiger charge is 2.56. The van der Waals surface area contributed by atoms with Gasteiger partial charge in [-0.3, -0.25) is 4.90 Å². The number of allylic oxidation sites excluding steroid dienone is 2.